The van der Waals surface area contributed by atoms with E-state index in [0.29, 0.717) is 0 Å². The highest BCUT2D eigenvalue weighted by Crippen LogP contribution is 2.20. The van der Waals surface area contributed by atoms with Gasteiger partial charge in [-0.3, -0.25) is 4.79 Å². The number of hydrogen-bond donors (Lipinski definition) is 1. The Balaban J connectivity index is 2.11. The Morgan fingerprint density at radius 3 is 2.57 bits per heavy atom. The largest absolute Gasteiger partial charge is 0.345 e. The normalized spacial score (nSPS) is 12.5. The van der Waals surface area contributed by atoms with Crippen molar-refractivity contribution >= 4 is 23.3 Å². The molecule has 0 saturated heterocycles. The van der Waals surface area contributed by atoms with Gasteiger partial charge in [-0.1, -0.05) is 31.2 Å². The number of nitriles is 1. The van der Waals surface area contributed by atoms with Gasteiger partial charge >= 0.3 is 0 Å². The molecule has 0 radical (unpaired) electrons. The Morgan fingerprint density at radius 1 is 1.35 bits per heavy atom. The van der Waals surface area contributed by atoms with Crippen molar-refractivity contribution in [3.63, 3.8) is 0 Å². The molecule has 1 unspecified atom stereocenters. The Morgan fingerprint density at radius 2 is 2.04 bits per heavy atom. The van der Waals surface area contributed by atoms with Gasteiger partial charge in [0.05, 0.1) is 6.04 Å². The summed E-state index contributed by atoms with van der Waals surface area (Å²) in [5.41, 5.74) is 3.49. The fourth-order valence-electron chi connectivity index (χ4n) is 2.21. The van der Waals surface area contributed by atoms with E-state index in [-0.39, 0.29) is 17.5 Å². The summed E-state index contributed by atoms with van der Waals surface area (Å²) in [5.74, 6) is -0.340. The lowest BCUT2D eigenvalue weighted by molar-refractivity contribution is -0.117. The molecule has 0 bridgehead atoms. The van der Waals surface area contributed by atoms with E-state index in [0.717, 1.165) is 22.4 Å². The number of carbonyl (C=O) groups is 1. The highest BCUT2D eigenvalue weighted by molar-refractivity contribution is 7.11. The average Bonchev–Trinajstić information content (AvgIpc) is 2.97. The van der Waals surface area contributed by atoms with Crippen LogP contribution in [0.15, 0.2) is 41.3 Å². The van der Waals surface area contributed by atoms with Crippen LogP contribution in [0.5, 0.6) is 0 Å². The highest BCUT2D eigenvalue weighted by Gasteiger charge is 2.14. The van der Waals surface area contributed by atoms with Crippen LogP contribution >= 0.6 is 11.3 Å². The van der Waals surface area contributed by atoms with Gasteiger partial charge in [-0.05, 0) is 54.5 Å². The third-order valence-corrected chi connectivity index (χ3v) is 4.74. The Kier molecular flexibility index (Phi) is 5.72. The number of nitrogens with zero attached hydrogens (tertiary/aromatic N) is 1. The first-order valence-electron chi connectivity index (χ1n) is 7.60. The maximum atomic E-state index is 12.3. The number of amides is 1. The fraction of sp³-hybridized carbons (Fsp3) is 0.263. The predicted molar refractivity (Wildman–Crippen MR) is 95.0 cm³/mol. The lowest BCUT2D eigenvalue weighted by Crippen LogP contribution is -2.27. The molecule has 2 rings (SSSR count). The summed E-state index contributed by atoms with van der Waals surface area (Å²) < 4.78 is 0. The quantitative estimate of drug-likeness (QED) is 0.654. The second kappa shape index (κ2) is 7.75. The van der Waals surface area contributed by atoms with E-state index in [1.807, 2.05) is 43.5 Å². The van der Waals surface area contributed by atoms with Crippen LogP contribution in [-0.4, -0.2) is 5.91 Å². The Bertz CT molecular complexity index is 750. The second-order valence-corrected chi connectivity index (χ2v) is 6.38. The number of nitrogens with one attached hydrogen (secondary N) is 1. The van der Waals surface area contributed by atoms with Crippen LogP contribution in [0.3, 0.4) is 0 Å². The molecular formula is C19H20N2OS. The first-order chi connectivity index (χ1) is 11.0. The van der Waals surface area contributed by atoms with E-state index in [9.17, 15) is 10.1 Å². The number of rotatable bonds is 5. The zero-order valence-corrected chi connectivity index (χ0v) is 14.4. The summed E-state index contributed by atoms with van der Waals surface area (Å²) >= 11 is 1.52. The van der Waals surface area contributed by atoms with E-state index >= 15 is 0 Å². The summed E-state index contributed by atoms with van der Waals surface area (Å²) in [6.45, 7) is 5.99. The van der Waals surface area contributed by atoms with Crippen LogP contribution in [0.2, 0.25) is 0 Å². The van der Waals surface area contributed by atoms with Crippen LogP contribution in [0, 0.1) is 18.3 Å². The topological polar surface area (TPSA) is 52.9 Å². The molecule has 1 N–H and O–H groups in total. The fourth-order valence-corrected chi connectivity index (χ4v) is 3.07. The van der Waals surface area contributed by atoms with Crippen molar-refractivity contribution in [3.05, 3.63) is 62.9 Å². The van der Waals surface area contributed by atoms with E-state index in [4.69, 9.17) is 0 Å². The molecule has 1 amide bonds. The molecule has 0 aliphatic heterocycles. The third-order valence-electron chi connectivity index (χ3n) is 3.78. The van der Waals surface area contributed by atoms with Crippen LogP contribution in [0.4, 0.5) is 0 Å². The molecule has 2 aromatic rings. The van der Waals surface area contributed by atoms with Crippen molar-refractivity contribution in [1.29, 1.82) is 5.26 Å². The van der Waals surface area contributed by atoms with Crippen molar-refractivity contribution in [1.82, 2.24) is 5.32 Å². The SMILES string of the molecule is CCc1ccc(C(C)NC(=O)C(C#N)=Cc2sccc2C)cc1. The molecule has 0 aliphatic rings. The molecule has 4 heteroatoms. The molecule has 1 aromatic carbocycles. The lowest BCUT2D eigenvalue weighted by Gasteiger charge is -2.14. The minimum absolute atomic E-state index is 0.132. The van der Waals surface area contributed by atoms with Crippen LogP contribution in [0.1, 0.15) is 41.5 Å². The molecule has 1 atom stereocenters. The summed E-state index contributed by atoms with van der Waals surface area (Å²) in [4.78, 5) is 13.3. The Hall–Kier alpha value is -2.38. The van der Waals surface area contributed by atoms with Gasteiger partial charge < -0.3 is 5.32 Å². The van der Waals surface area contributed by atoms with Gasteiger partial charge in [0.25, 0.3) is 5.91 Å². The van der Waals surface area contributed by atoms with Gasteiger partial charge in [-0.2, -0.15) is 5.26 Å². The molecule has 0 saturated carbocycles. The number of carbonyl (C=O) groups excluding carboxylic acids is 1. The zero-order valence-electron chi connectivity index (χ0n) is 13.6. The molecule has 0 fully saturated rings. The molecule has 118 valence electrons. The Labute approximate surface area is 141 Å². The summed E-state index contributed by atoms with van der Waals surface area (Å²) in [6.07, 6.45) is 2.64. The molecule has 0 aliphatic carbocycles. The molecule has 3 nitrogen and oxygen atoms in total. The first kappa shape index (κ1) is 17.0. The minimum atomic E-state index is -0.340. The molecule has 1 heterocycles. The number of hydrogen-bond acceptors (Lipinski definition) is 3. The van der Waals surface area contributed by atoms with Crippen molar-refractivity contribution in [2.24, 2.45) is 0 Å². The van der Waals surface area contributed by atoms with E-state index in [1.54, 1.807) is 6.08 Å². The number of benzene rings is 1. The zero-order chi connectivity index (χ0) is 16.8. The second-order valence-electron chi connectivity index (χ2n) is 5.43. The van der Waals surface area contributed by atoms with Crippen LogP contribution < -0.4 is 5.32 Å². The highest BCUT2D eigenvalue weighted by atomic mass is 32.1. The third kappa shape index (κ3) is 4.30. The smallest absolute Gasteiger partial charge is 0.262 e. The van der Waals surface area contributed by atoms with Gasteiger partial charge in [0, 0.05) is 4.88 Å². The monoisotopic (exact) mass is 324 g/mol. The molecule has 1 aromatic heterocycles. The molecule has 0 spiro atoms. The van der Waals surface area contributed by atoms with Gasteiger partial charge in [0.2, 0.25) is 0 Å². The summed E-state index contributed by atoms with van der Waals surface area (Å²) in [7, 11) is 0. The van der Waals surface area contributed by atoms with Crippen molar-refractivity contribution < 1.29 is 4.79 Å². The minimum Gasteiger partial charge on any atom is -0.345 e. The standard InChI is InChI=1S/C19H20N2OS/c1-4-15-5-7-16(8-6-15)14(3)21-19(22)17(12-20)11-18-13(2)9-10-23-18/h5-11,14H,4H2,1-3H3,(H,21,22). The summed E-state index contributed by atoms with van der Waals surface area (Å²) in [5, 5.41) is 14.1. The maximum absolute atomic E-state index is 12.3. The van der Waals surface area contributed by atoms with Crippen molar-refractivity contribution in [2.75, 3.05) is 0 Å². The van der Waals surface area contributed by atoms with Gasteiger partial charge in [-0.25, -0.2) is 0 Å². The average molecular weight is 324 g/mol. The van der Waals surface area contributed by atoms with Gasteiger partial charge in [0.15, 0.2) is 0 Å². The summed E-state index contributed by atoms with van der Waals surface area (Å²) in [6, 6.07) is 12.0. The molecular weight excluding hydrogens is 304 g/mol. The van der Waals surface area contributed by atoms with E-state index < -0.39 is 0 Å². The van der Waals surface area contributed by atoms with Crippen molar-refractivity contribution in [2.45, 2.75) is 33.2 Å². The predicted octanol–water partition coefficient (Wildman–Crippen LogP) is 4.40. The van der Waals surface area contributed by atoms with Crippen LogP contribution in [-0.2, 0) is 11.2 Å². The van der Waals surface area contributed by atoms with E-state index in [2.05, 4.69) is 24.4 Å². The van der Waals surface area contributed by atoms with Gasteiger partial charge in [-0.15, -0.1) is 11.3 Å². The number of aryl methyl sites for hydroxylation is 2. The van der Waals surface area contributed by atoms with Crippen molar-refractivity contribution in [3.8, 4) is 6.07 Å². The number of thiophene rings is 1. The maximum Gasteiger partial charge on any atom is 0.262 e. The first-order valence-corrected chi connectivity index (χ1v) is 8.48. The van der Waals surface area contributed by atoms with Gasteiger partial charge in [0.1, 0.15) is 11.6 Å². The van der Waals surface area contributed by atoms with Crippen LogP contribution in [0.25, 0.3) is 6.08 Å². The molecule has 23 heavy (non-hydrogen) atoms. The lowest BCUT2D eigenvalue weighted by atomic mass is 10.0. The van der Waals surface area contributed by atoms with E-state index in [1.165, 1.54) is 16.9 Å².